The van der Waals surface area contributed by atoms with Crippen LogP contribution in [0.3, 0.4) is 0 Å². The van der Waals surface area contributed by atoms with E-state index in [2.05, 4.69) is 15.4 Å². The Labute approximate surface area is 149 Å². The van der Waals surface area contributed by atoms with Crippen LogP contribution in [0.25, 0.3) is 0 Å². The van der Waals surface area contributed by atoms with Gasteiger partial charge in [0.15, 0.2) is 0 Å². The van der Waals surface area contributed by atoms with Gasteiger partial charge in [-0.25, -0.2) is 23.1 Å². The van der Waals surface area contributed by atoms with Crippen molar-refractivity contribution in [3.05, 3.63) is 46.2 Å². The number of amides is 2. The fourth-order valence-corrected chi connectivity index (χ4v) is 3.31. The monoisotopic (exact) mass is 383 g/mol. The highest BCUT2D eigenvalue weighted by Gasteiger charge is 2.17. The van der Waals surface area contributed by atoms with Gasteiger partial charge in [0.25, 0.3) is 0 Å². The molecule has 1 heterocycles. The first-order chi connectivity index (χ1) is 11.7. The minimum atomic E-state index is -3.76. The average molecular weight is 383 g/mol. The fraction of sp³-hybridized carbons (Fsp3) is 0.200. The van der Waals surface area contributed by atoms with Crippen molar-refractivity contribution in [1.82, 2.24) is 5.32 Å². The van der Waals surface area contributed by atoms with E-state index in [0.29, 0.717) is 11.3 Å². The molecule has 1 atom stereocenters. The van der Waals surface area contributed by atoms with Crippen LogP contribution in [0.5, 0.6) is 0 Å². The molecular formula is C15H17N3O5S2. The Hall–Kier alpha value is -2.43. The molecule has 10 heteroatoms. The van der Waals surface area contributed by atoms with Gasteiger partial charge < -0.3 is 15.4 Å². The quantitative estimate of drug-likeness (QED) is 0.681. The molecule has 0 spiro atoms. The molecule has 8 nitrogen and oxygen atoms in total. The Balaban J connectivity index is 2.03. The number of benzene rings is 1. The maximum Gasteiger partial charge on any atom is 0.340 e. The van der Waals surface area contributed by atoms with Crippen LogP contribution >= 0.6 is 11.3 Å². The van der Waals surface area contributed by atoms with Gasteiger partial charge in [-0.2, -0.15) is 0 Å². The molecule has 4 N–H and O–H groups in total. The highest BCUT2D eigenvalue weighted by Crippen LogP contribution is 2.22. The normalized spacial score (nSPS) is 12.3. The van der Waals surface area contributed by atoms with Crippen LogP contribution in [0.1, 0.15) is 28.9 Å². The Bertz CT molecular complexity index is 875. The molecule has 0 aliphatic carbocycles. The standard InChI is InChI=1S/C15H17N3O5S2/c1-9(10-3-5-11(6-4-10)25(16,21)22)17-15(20)18-13-8-24-7-12(13)14(19)23-2/h3-9H,1-2H3,(H2,16,21,22)(H2,17,18,20). The molecule has 1 aromatic heterocycles. The van der Waals surface area contributed by atoms with Crippen LogP contribution in [0.4, 0.5) is 10.5 Å². The minimum Gasteiger partial charge on any atom is -0.465 e. The van der Waals surface area contributed by atoms with Gasteiger partial charge in [-0.15, -0.1) is 11.3 Å². The van der Waals surface area contributed by atoms with Crippen LogP contribution < -0.4 is 15.8 Å². The van der Waals surface area contributed by atoms with Crippen molar-refractivity contribution in [1.29, 1.82) is 0 Å². The average Bonchev–Trinajstić information content (AvgIpc) is 3.01. The van der Waals surface area contributed by atoms with Gasteiger partial charge in [0.1, 0.15) is 0 Å². The number of hydrogen-bond donors (Lipinski definition) is 3. The minimum absolute atomic E-state index is 0.00565. The second-order valence-corrected chi connectivity index (χ2v) is 7.43. The second-order valence-electron chi connectivity index (χ2n) is 5.12. The Morgan fingerprint density at radius 2 is 1.84 bits per heavy atom. The third-order valence-electron chi connectivity index (χ3n) is 3.37. The molecule has 2 amide bonds. The maximum absolute atomic E-state index is 12.1. The first-order valence-electron chi connectivity index (χ1n) is 7.07. The second kappa shape index (κ2) is 7.64. The molecule has 0 saturated heterocycles. The smallest absolute Gasteiger partial charge is 0.340 e. The molecule has 2 rings (SSSR count). The summed E-state index contributed by atoms with van der Waals surface area (Å²) in [5.41, 5.74) is 1.32. The lowest BCUT2D eigenvalue weighted by molar-refractivity contribution is 0.0602. The van der Waals surface area contributed by atoms with E-state index in [1.54, 1.807) is 29.8 Å². The molecule has 25 heavy (non-hydrogen) atoms. The lowest BCUT2D eigenvalue weighted by Gasteiger charge is -2.15. The number of carbonyl (C=O) groups is 2. The zero-order valence-corrected chi connectivity index (χ0v) is 15.1. The van der Waals surface area contributed by atoms with Crippen molar-refractivity contribution < 1.29 is 22.7 Å². The maximum atomic E-state index is 12.1. The molecule has 2 aromatic rings. The van der Waals surface area contributed by atoms with Crippen molar-refractivity contribution in [3.63, 3.8) is 0 Å². The summed E-state index contributed by atoms with van der Waals surface area (Å²) >= 11 is 1.26. The number of anilines is 1. The summed E-state index contributed by atoms with van der Waals surface area (Å²) in [7, 11) is -2.50. The summed E-state index contributed by atoms with van der Waals surface area (Å²) in [4.78, 5) is 23.7. The molecule has 0 radical (unpaired) electrons. The fourth-order valence-electron chi connectivity index (χ4n) is 2.05. The summed E-state index contributed by atoms with van der Waals surface area (Å²) in [6, 6.07) is 4.97. The van der Waals surface area contributed by atoms with Gasteiger partial charge in [-0.3, -0.25) is 0 Å². The largest absolute Gasteiger partial charge is 0.465 e. The van der Waals surface area contributed by atoms with Crippen LogP contribution in [-0.4, -0.2) is 27.5 Å². The van der Waals surface area contributed by atoms with E-state index in [-0.39, 0.29) is 10.5 Å². The molecule has 0 saturated carbocycles. The van der Waals surface area contributed by atoms with Crippen LogP contribution in [0, 0.1) is 0 Å². The number of rotatable bonds is 5. The molecule has 0 aliphatic heterocycles. The van der Waals surface area contributed by atoms with E-state index >= 15 is 0 Å². The first-order valence-corrected chi connectivity index (χ1v) is 9.56. The number of esters is 1. The highest BCUT2D eigenvalue weighted by molar-refractivity contribution is 7.89. The zero-order chi connectivity index (χ0) is 18.6. The predicted molar refractivity (Wildman–Crippen MR) is 94.0 cm³/mol. The van der Waals surface area contributed by atoms with Gasteiger partial charge in [-0.05, 0) is 24.6 Å². The summed E-state index contributed by atoms with van der Waals surface area (Å²) < 4.78 is 27.1. The lowest BCUT2D eigenvalue weighted by Crippen LogP contribution is -2.31. The van der Waals surface area contributed by atoms with Gasteiger partial charge in [-0.1, -0.05) is 12.1 Å². The summed E-state index contributed by atoms with van der Waals surface area (Å²) in [5, 5.41) is 13.5. The number of ether oxygens (including phenoxy) is 1. The van der Waals surface area contributed by atoms with E-state index in [1.807, 2.05) is 0 Å². The topological polar surface area (TPSA) is 128 Å². The summed E-state index contributed by atoms with van der Waals surface area (Å²) in [6.07, 6.45) is 0. The lowest BCUT2D eigenvalue weighted by atomic mass is 10.1. The van der Waals surface area contributed by atoms with E-state index in [0.717, 1.165) is 0 Å². The molecule has 134 valence electrons. The predicted octanol–water partition coefficient (Wildman–Crippen LogP) is 2.06. The van der Waals surface area contributed by atoms with Crippen molar-refractivity contribution in [2.45, 2.75) is 17.9 Å². The SMILES string of the molecule is COC(=O)c1cscc1NC(=O)NC(C)c1ccc(S(N)(=O)=O)cc1. The number of nitrogens with two attached hydrogens (primary N) is 1. The van der Waals surface area contributed by atoms with E-state index in [1.165, 1.54) is 30.6 Å². The number of carbonyl (C=O) groups excluding carboxylic acids is 2. The number of urea groups is 1. The van der Waals surface area contributed by atoms with Crippen molar-refractivity contribution in [3.8, 4) is 0 Å². The molecule has 0 aliphatic rings. The highest BCUT2D eigenvalue weighted by atomic mass is 32.2. The molecule has 0 fully saturated rings. The van der Waals surface area contributed by atoms with Crippen molar-refractivity contribution in [2.75, 3.05) is 12.4 Å². The third kappa shape index (κ3) is 4.78. The van der Waals surface area contributed by atoms with Gasteiger partial charge >= 0.3 is 12.0 Å². The third-order valence-corrected chi connectivity index (χ3v) is 5.04. The van der Waals surface area contributed by atoms with E-state index < -0.39 is 28.1 Å². The van der Waals surface area contributed by atoms with Crippen molar-refractivity contribution in [2.24, 2.45) is 5.14 Å². The molecule has 0 bridgehead atoms. The van der Waals surface area contributed by atoms with Gasteiger partial charge in [0, 0.05) is 10.8 Å². The molecular weight excluding hydrogens is 366 g/mol. The number of methoxy groups -OCH3 is 1. The number of sulfonamides is 1. The first kappa shape index (κ1) is 18.9. The summed E-state index contributed by atoms with van der Waals surface area (Å²) in [5.74, 6) is -0.539. The van der Waals surface area contributed by atoms with E-state index in [4.69, 9.17) is 5.14 Å². The van der Waals surface area contributed by atoms with Crippen LogP contribution in [0.2, 0.25) is 0 Å². The Morgan fingerprint density at radius 1 is 1.20 bits per heavy atom. The van der Waals surface area contributed by atoms with Gasteiger partial charge in [0.05, 0.1) is 29.3 Å². The van der Waals surface area contributed by atoms with Crippen LogP contribution in [-0.2, 0) is 14.8 Å². The van der Waals surface area contributed by atoms with E-state index in [9.17, 15) is 18.0 Å². The Kier molecular flexibility index (Phi) is 5.77. The van der Waals surface area contributed by atoms with Gasteiger partial charge in [0.2, 0.25) is 10.0 Å². The number of thiophene rings is 1. The number of nitrogens with one attached hydrogen (secondary N) is 2. The number of hydrogen-bond acceptors (Lipinski definition) is 6. The summed E-state index contributed by atoms with van der Waals surface area (Å²) in [6.45, 7) is 1.74. The Morgan fingerprint density at radius 3 is 2.40 bits per heavy atom. The van der Waals surface area contributed by atoms with Crippen LogP contribution in [0.15, 0.2) is 39.9 Å². The zero-order valence-electron chi connectivity index (χ0n) is 13.5. The molecule has 1 unspecified atom stereocenters. The molecule has 1 aromatic carbocycles. The number of primary sulfonamides is 1. The van der Waals surface area contributed by atoms with Crippen molar-refractivity contribution >= 4 is 39.0 Å².